The first-order chi connectivity index (χ1) is 16.3. The van der Waals surface area contributed by atoms with E-state index in [9.17, 15) is 14.7 Å². The van der Waals surface area contributed by atoms with Crippen LogP contribution in [-0.2, 0) is 15.6 Å². The molecule has 0 unspecified atom stereocenters. The number of carbonyl (C=O) groups excluding carboxylic acids is 1. The SMILES string of the molecule is COC(=O)c1ccc(C[C@@H]2CC[C@H]([C@H](O[Si](C)(C)C(C)(C)C)c3ccc(Cl)nc3)N2C(=O)O)cc1. The quantitative estimate of drug-likeness (QED) is 0.261. The number of benzene rings is 1. The minimum Gasteiger partial charge on any atom is -0.465 e. The number of aromatic nitrogens is 1. The number of halogens is 1. The molecule has 190 valence electrons. The molecule has 1 N–H and O–H groups in total. The van der Waals surface area contributed by atoms with E-state index in [1.54, 1.807) is 29.3 Å². The lowest BCUT2D eigenvalue weighted by atomic mass is 10.0. The average Bonchev–Trinajstić information content (AvgIpc) is 3.21. The van der Waals surface area contributed by atoms with Crippen molar-refractivity contribution in [2.24, 2.45) is 0 Å². The fraction of sp³-hybridized carbons (Fsp3) is 0.500. The molecule has 2 aromatic rings. The van der Waals surface area contributed by atoms with Crippen LogP contribution in [0.1, 0.15) is 61.2 Å². The Hall–Kier alpha value is -2.42. The van der Waals surface area contributed by atoms with Crippen LogP contribution in [0.5, 0.6) is 0 Å². The van der Waals surface area contributed by atoms with Gasteiger partial charge in [-0.1, -0.05) is 50.6 Å². The van der Waals surface area contributed by atoms with Crippen molar-refractivity contribution in [1.29, 1.82) is 0 Å². The van der Waals surface area contributed by atoms with Gasteiger partial charge in [0.05, 0.1) is 24.8 Å². The van der Waals surface area contributed by atoms with Crippen molar-refractivity contribution in [2.45, 2.75) is 76.4 Å². The van der Waals surface area contributed by atoms with Crippen molar-refractivity contribution in [3.63, 3.8) is 0 Å². The maximum atomic E-state index is 12.5. The lowest BCUT2D eigenvalue weighted by molar-refractivity contribution is 0.0596. The fourth-order valence-corrected chi connectivity index (χ4v) is 5.69. The third-order valence-corrected chi connectivity index (χ3v) is 11.9. The van der Waals surface area contributed by atoms with Gasteiger partial charge in [0.2, 0.25) is 0 Å². The van der Waals surface area contributed by atoms with Gasteiger partial charge in [-0.2, -0.15) is 0 Å². The standard InChI is InChI=1S/C26H35ClN2O5Si/c1-26(2,3)35(5,6)34-23(19-11-14-22(27)28-16-19)21-13-12-20(29(21)25(31)32)15-17-7-9-18(10-8-17)24(30)33-4/h7-11,14,16,20-21,23H,12-13,15H2,1-6H3,(H,31,32)/t20-,21+,23+/m0/s1. The molecule has 1 saturated heterocycles. The highest BCUT2D eigenvalue weighted by atomic mass is 35.5. The monoisotopic (exact) mass is 518 g/mol. The van der Waals surface area contributed by atoms with Crippen LogP contribution in [0.4, 0.5) is 4.79 Å². The molecule has 1 aromatic heterocycles. The van der Waals surface area contributed by atoms with Gasteiger partial charge in [0.1, 0.15) is 5.15 Å². The molecule has 2 heterocycles. The second-order valence-electron chi connectivity index (χ2n) is 10.6. The third kappa shape index (κ3) is 6.23. The molecule has 0 bridgehead atoms. The van der Waals surface area contributed by atoms with Crippen molar-refractivity contribution < 1.29 is 23.9 Å². The topological polar surface area (TPSA) is 89.0 Å². The Morgan fingerprint density at radius 1 is 1.17 bits per heavy atom. The van der Waals surface area contributed by atoms with Crippen LogP contribution in [0.3, 0.4) is 0 Å². The second kappa shape index (κ2) is 10.7. The van der Waals surface area contributed by atoms with Gasteiger partial charge in [0.25, 0.3) is 0 Å². The number of esters is 1. The number of amides is 1. The van der Waals surface area contributed by atoms with E-state index in [-0.39, 0.29) is 17.1 Å². The number of ether oxygens (including phenoxy) is 1. The first kappa shape index (κ1) is 27.2. The highest BCUT2D eigenvalue weighted by Crippen LogP contribution is 2.44. The van der Waals surface area contributed by atoms with Crippen LogP contribution >= 0.6 is 11.6 Å². The average molecular weight is 519 g/mol. The molecule has 0 spiro atoms. The van der Waals surface area contributed by atoms with Crippen molar-refractivity contribution in [3.05, 3.63) is 64.4 Å². The van der Waals surface area contributed by atoms with Crippen molar-refractivity contribution in [3.8, 4) is 0 Å². The summed E-state index contributed by atoms with van der Waals surface area (Å²) in [6, 6.07) is 10.2. The molecule has 9 heteroatoms. The van der Waals surface area contributed by atoms with Crippen LogP contribution in [0.25, 0.3) is 0 Å². The number of carboxylic acid groups (broad SMARTS) is 1. The predicted molar refractivity (Wildman–Crippen MR) is 138 cm³/mol. The number of likely N-dealkylation sites (tertiary alicyclic amines) is 1. The first-order valence-electron chi connectivity index (χ1n) is 11.8. The summed E-state index contributed by atoms with van der Waals surface area (Å²) in [6.07, 6.45) is 2.24. The molecule has 1 aromatic carbocycles. The minimum absolute atomic E-state index is 0.0431. The van der Waals surface area contributed by atoms with Crippen LogP contribution in [-0.4, -0.2) is 54.6 Å². The van der Waals surface area contributed by atoms with E-state index in [1.165, 1.54) is 7.11 Å². The van der Waals surface area contributed by atoms with E-state index in [0.717, 1.165) is 11.1 Å². The molecule has 1 fully saturated rings. The van der Waals surface area contributed by atoms with E-state index in [0.29, 0.717) is 30.0 Å². The van der Waals surface area contributed by atoms with Crippen molar-refractivity contribution >= 4 is 32.0 Å². The molecule has 0 radical (unpaired) electrons. The largest absolute Gasteiger partial charge is 0.465 e. The summed E-state index contributed by atoms with van der Waals surface area (Å²) < 4.78 is 11.6. The lowest BCUT2D eigenvalue weighted by Gasteiger charge is -2.42. The van der Waals surface area contributed by atoms with Gasteiger partial charge in [-0.05, 0) is 61.2 Å². The maximum absolute atomic E-state index is 12.5. The highest BCUT2D eigenvalue weighted by molar-refractivity contribution is 6.74. The Balaban J connectivity index is 1.90. The van der Waals surface area contributed by atoms with Crippen molar-refractivity contribution in [2.75, 3.05) is 7.11 Å². The van der Waals surface area contributed by atoms with Gasteiger partial charge in [-0.25, -0.2) is 14.6 Å². The summed E-state index contributed by atoms with van der Waals surface area (Å²) in [5, 5.41) is 10.6. The zero-order valence-corrected chi connectivity index (χ0v) is 23.0. The number of hydrogen-bond acceptors (Lipinski definition) is 5. The van der Waals surface area contributed by atoms with E-state index < -0.39 is 26.5 Å². The third-order valence-electron chi connectivity index (χ3n) is 7.27. The summed E-state index contributed by atoms with van der Waals surface area (Å²) in [6.45, 7) is 10.8. The van der Waals surface area contributed by atoms with Crippen LogP contribution in [0, 0.1) is 0 Å². The second-order valence-corrected chi connectivity index (χ2v) is 15.7. The van der Waals surface area contributed by atoms with Gasteiger partial charge < -0.3 is 14.3 Å². The van der Waals surface area contributed by atoms with Crippen LogP contribution < -0.4 is 0 Å². The van der Waals surface area contributed by atoms with E-state index in [4.69, 9.17) is 20.8 Å². The Morgan fingerprint density at radius 2 is 1.83 bits per heavy atom. The molecule has 35 heavy (non-hydrogen) atoms. The van der Waals surface area contributed by atoms with Gasteiger partial charge in [-0.3, -0.25) is 4.90 Å². The number of nitrogens with zero attached hydrogens (tertiary/aromatic N) is 2. The van der Waals surface area contributed by atoms with E-state index in [2.05, 4.69) is 38.8 Å². The van der Waals surface area contributed by atoms with Gasteiger partial charge >= 0.3 is 12.1 Å². The number of carbonyl (C=O) groups is 2. The molecular weight excluding hydrogens is 484 g/mol. The lowest BCUT2D eigenvalue weighted by Crippen LogP contribution is -2.49. The molecule has 3 rings (SSSR count). The number of methoxy groups -OCH3 is 1. The molecule has 1 aliphatic rings. The zero-order valence-electron chi connectivity index (χ0n) is 21.2. The summed E-state index contributed by atoms with van der Waals surface area (Å²) >= 11 is 6.04. The Labute approximate surface area is 213 Å². The molecule has 0 saturated carbocycles. The van der Waals surface area contributed by atoms with E-state index in [1.807, 2.05) is 18.2 Å². The van der Waals surface area contributed by atoms with Gasteiger partial charge in [0, 0.05) is 17.8 Å². The van der Waals surface area contributed by atoms with Gasteiger partial charge in [0.15, 0.2) is 8.32 Å². The summed E-state index contributed by atoms with van der Waals surface area (Å²) in [5.74, 6) is -0.396. The molecule has 7 nitrogen and oxygen atoms in total. The Kier molecular flexibility index (Phi) is 8.29. The molecule has 3 atom stereocenters. The number of hydrogen-bond donors (Lipinski definition) is 1. The van der Waals surface area contributed by atoms with Crippen LogP contribution in [0.2, 0.25) is 23.3 Å². The Morgan fingerprint density at radius 3 is 2.34 bits per heavy atom. The molecule has 0 aliphatic carbocycles. The molecular formula is C26H35ClN2O5Si. The summed E-state index contributed by atoms with van der Waals surface area (Å²) in [4.78, 5) is 30.1. The predicted octanol–water partition coefficient (Wildman–Crippen LogP) is 6.34. The first-order valence-corrected chi connectivity index (χ1v) is 15.1. The van der Waals surface area contributed by atoms with Crippen LogP contribution in [0.15, 0.2) is 42.6 Å². The summed E-state index contributed by atoms with van der Waals surface area (Å²) in [7, 11) is -0.892. The summed E-state index contributed by atoms with van der Waals surface area (Å²) in [5.41, 5.74) is 2.26. The van der Waals surface area contributed by atoms with Crippen molar-refractivity contribution in [1.82, 2.24) is 9.88 Å². The number of rotatable bonds is 7. The molecule has 1 aliphatic heterocycles. The molecule has 1 amide bonds. The normalized spacial score (nSPS) is 19.5. The van der Waals surface area contributed by atoms with Gasteiger partial charge in [-0.15, -0.1) is 0 Å². The fourth-order valence-electron chi connectivity index (χ4n) is 4.29. The smallest absolute Gasteiger partial charge is 0.407 e. The van der Waals surface area contributed by atoms with E-state index >= 15 is 0 Å². The maximum Gasteiger partial charge on any atom is 0.407 e. The minimum atomic E-state index is -2.24. The highest BCUT2D eigenvalue weighted by Gasteiger charge is 2.46. The number of pyridine rings is 1. The zero-order chi connectivity index (χ0) is 26.0. The Bertz CT molecular complexity index is 1040.